The molecule has 0 saturated heterocycles. The van der Waals surface area contributed by atoms with Crippen molar-refractivity contribution in [1.29, 1.82) is 0 Å². The van der Waals surface area contributed by atoms with Crippen LogP contribution in [0, 0.1) is 0 Å². The Morgan fingerprint density at radius 1 is 0.417 bits per heavy atom. The molecule has 7 aromatic carbocycles. The second kappa shape index (κ2) is 10.6. The van der Waals surface area contributed by atoms with Gasteiger partial charge in [-0.15, -0.1) is 0 Å². The second-order valence-corrected chi connectivity index (χ2v) is 12.4. The molecule has 4 heteroatoms. The molecule has 10 rings (SSSR count). The van der Waals surface area contributed by atoms with Crippen LogP contribution < -0.4 is 0 Å². The molecule has 0 bridgehead atoms. The van der Waals surface area contributed by atoms with E-state index in [4.69, 9.17) is 15.0 Å². The van der Waals surface area contributed by atoms with Gasteiger partial charge in [-0.1, -0.05) is 158 Å². The lowest BCUT2D eigenvalue weighted by Crippen LogP contribution is -2.06. The van der Waals surface area contributed by atoms with Gasteiger partial charge in [-0.05, 0) is 39.3 Å². The SMILES string of the molecule is c1ccc(-c2nc(-c3ccccc3)nc(-n3c4ccccc4c4ccc5c6c(ccc5c43)-c3ccccc3C6c3ccccc3)n2)cc1. The van der Waals surface area contributed by atoms with Crippen LogP contribution >= 0.6 is 0 Å². The number of benzene rings is 7. The average molecular weight is 613 g/mol. The maximum atomic E-state index is 5.19. The lowest BCUT2D eigenvalue weighted by atomic mass is 9.86. The van der Waals surface area contributed by atoms with Gasteiger partial charge in [-0.2, -0.15) is 9.97 Å². The quantitative estimate of drug-likeness (QED) is 0.199. The molecule has 48 heavy (non-hydrogen) atoms. The standard InChI is InChI=1S/C44H28N4/c1-4-14-28(15-5-1)39-33-22-11-10-20-31(33)34-24-27-37-35(40(34)39)25-26-36-32-21-12-13-23-38(32)48(41(36)37)44-46-42(29-16-6-2-7-17-29)45-43(47-44)30-18-8-3-9-19-30/h1-27,39H. The first-order chi connectivity index (χ1) is 23.8. The zero-order valence-corrected chi connectivity index (χ0v) is 26.0. The molecular formula is C44H28N4. The van der Waals surface area contributed by atoms with E-state index in [1.807, 2.05) is 36.4 Å². The molecule has 0 radical (unpaired) electrons. The van der Waals surface area contributed by atoms with Gasteiger partial charge >= 0.3 is 0 Å². The smallest absolute Gasteiger partial charge is 0.238 e. The summed E-state index contributed by atoms with van der Waals surface area (Å²) in [5.41, 5.74) is 10.7. The number of nitrogens with zero attached hydrogens (tertiary/aromatic N) is 4. The van der Waals surface area contributed by atoms with Crippen LogP contribution in [0.15, 0.2) is 164 Å². The van der Waals surface area contributed by atoms with Gasteiger partial charge in [0.05, 0.1) is 11.0 Å². The average Bonchev–Trinajstić information content (AvgIpc) is 3.69. The van der Waals surface area contributed by atoms with E-state index in [9.17, 15) is 0 Å². The lowest BCUT2D eigenvalue weighted by Gasteiger charge is -2.17. The molecular weight excluding hydrogens is 585 g/mol. The fraction of sp³-hybridized carbons (Fsp3) is 0.0227. The summed E-state index contributed by atoms with van der Waals surface area (Å²) in [6, 6.07) is 57.9. The van der Waals surface area contributed by atoms with Gasteiger partial charge in [0.2, 0.25) is 5.95 Å². The molecule has 0 amide bonds. The molecule has 1 aliphatic carbocycles. The number of rotatable bonds is 4. The molecule has 9 aromatic rings. The first-order valence-corrected chi connectivity index (χ1v) is 16.3. The molecule has 1 unspecified atom stereocenters. The summed E-state index contributed by atoms with van der Waals surface area (Å²) in [5.74, 6) is 2.03. The van der Waals surface area contributed by atoms with Gasteiger partial charge in [-0.3, -0.25) is 4.57 Å². The van der Waals surface area contributed by atoms with Crippen LogP contribution in [0.4, 0.5) is 0 Å². The molecule has 2 aromatic heterocycles. The molecule has 0 spiro atoms. The summed E-state index contributed by atoms with van der Waals surface area (Å²) in [4.78, 5) is 15.4. The zero-order chi connectivity index (χ0) is 31.6. The number of hydrogen-bond donors (Lipinski definition) is 0. The monoisotopic (exact) mass is 612 g/mol. The van der Waals surface area contributed by atoms with E-state index in [-0.39, 0.29) is 5.92 Å². The van der Waals surface area contributed by atoms with Gasteiger partial charge < -0.3 is 0 Å². The molecule has 224 valence electrons. The Morgan fingerprint density at radius 3 is 1.71 bits per heavy atom. The van der Waals surface area contributed by atoms with Crippen molar-refractivity contribution in [3.63, 3.8) is 0 Å². The Hall–Kier alpha value is -6.39. The van der Waals surface area contributed by atoms with Crippen LogP contribution in [-0.4, -0.2) is 19.5 Å². The predicted octanol–water partition coefficient (Wildman–Crippen LogP) is 10.6. The Morgan fingerprint density at radius 2 is 0.979 bits per heavy atom. The Bertz CT molecular complexity index is 2600. The van der Waals surface area contributed by atoms with Crippen LogP contribution in [0.25, 0.3) is 72.4 Å². The minimum atomic E-state index is 0.142. The molecule has 0 fully saturated rings. The minimum absolute atomic E-state index is 0.142. The Kier molecular flexibility index (Phi) is 5.90. The topological polar surface area (TPSA) is 43.6 Å². The van der Waals surface area contributed by atoms with E-state index in [2.05, 4.69) is 132 Å². The van der Waals surface area contributed by atoms with Gasteiger partial charge in [0.1, 0.15) is 0 Å². The normalized spacial score (nSPS) is 13.6. The van der Waals surface area contributed by atoms with Crippen LogP contribution in [-0.2, 0) is 0 Å². The van der Waals surface area contributed by atoms with Crippen molar-refractivity contribution in [2.75, 3.05) is 0 Å². The summed E-state index contributed by atoms with van der Waals surface area (Å²) in [5, 5.41) is 4.77. The fourth-order valence-corrected chi connectivity index (χ4v) is 7.68. The highest BCUT2D eigenvalue weighted by Gasteiger charge is 2.32. The molecule has 1 atom stereocenters. The van der Waals surface area contributed by atoms with E-state index in [1.54, 1.807) is 0 Å². The van der Waals surface area contributed by atoms with E-state index in [0.29, 0.717) is 17.6 Å². The fourth-order valence-electron chi connectivity index (χ4n) is 7.68. The Labute approximate surface area is 277 Å². The van der Waals surface area contributed by atoms with Crippen LogP contribution in [0.1, 0.15) is 22.6 Å². The number of fused-ring (bicyclic) bond motifs is 9. The van der Waals surface area contributed by atoms with Gasteiger partial charge in [0, 0.05) is 33.2 Å². The molecule has 0 aliphatic heterocycles. The van der Waals surface area contributed by atoms with Crippen molar-refractivity contribution in [3.05, 3.63) is 180 Å². The van der Waals surface area contributed by atoms with Gasteiger partial charge in [-0.25, -0.2) is 4.98 Å². The molecule has 4 nitrogen and oxygen atoms in total. The molecule has 1 aliphatic rings. The van der Waals surface area contributed by atoms with E-state index >= 15 is 0 Å². The summed E-state index contributed by atoms with van der Waals surface area (Å²) in [6.07, 6.45) is 0. The third-order valence-corrected chi connectivity index (χ3v) is 9.74. The highest BCUT2D eigenvalue weighted by molar-refractivity contribution is 6.20. The molecule has 2 heterocycles. The van der Waals surface area contributed by atoms with Crippen molar-refractivity contribution >= 4 is 32.6 Å². The van der Waals surface area contributed by atoms with Crippen molar-refractivity contribution in [2.45, 2.75) is 5.92 Å². The molecule has 0 saturated carbocycles. The lowest BCUT2D eigenvalue weighted by molar-refractivity contribution is 0.955. The van der Waals surface area contributed by atoms with E-state index in [1.165, 1.54) is 49.4 Å². The highest BCUT2D eigenvalue weighted by Crippen LogP contribution is 2.51. The Balaban J connectivity index is 1.31. The largest absolute Gasteiger partial charge is 0.277 e. The first-order valence-electron chi connectivity index (χ1n) is 16.3. The van der Waals surface area contributed by atoms with Crippen molar-refractivity contribution in [2.24, 2.45) is 0 Å². The summed E-state index contributed by atoms with van der Waals surface area (Å²) >= 11 is 0. The van der Waals surface area contributed by atoms with Crippen LogP contribution in [0.3, 0.4) is 0 Å². The van der Waals surface area contributed by atoms with Gasteiger partial charge in [0.15, 0.2) is 11.6 Å². The predicted molar refractivity (Wildman–Crippen MR) is 195 cm³/mol. The highest BCUT2D eigenvalue weighted by atomic mass is 15.2. The van der Waals surface area contributed by atoms with Crippen molar-refractivity contribution in [1.82, 2.24) is 19.5 Å². The minimum Gasteiger partial charge on any atom is -0.277 e. The number of hydrogen-bond acceptors (Lipinski definition) is 3. The number of aromatic nitrogens is 4. The van der Waals surface area contributed by atoms with Crippen LogP contribution in [0.5, 0.6) is 0 Å². The third-order valence-electron chi connectivity index (χ3n) is 9.74. The van der Waals surface area contributed by atoms with Crippen molar-refractivity contribution < 1.29 is 0 Å². The first kappa shape index (κ1) is 26.8. The van der Waals surface area contributed by atoms with Crippen LogP contribution in [0.2, 0.25) is 0 Å². The number of para-hydroxylation sites is 1. The maximum absolute atomic E-state index is 5.19. The molecule has 0 N–H and O–H groups in total. The third kappa shape index (κ3) is 3.99. The maximum Gasteiger partial charge on any atom is 0.238 e. The summed E-state index contributed by atoms with van der Waals surface area (Å²) in [6.45, 7) is 0. The van der Waals surface area contributed by atoms with E-state index in [0.717, 1.165) is 22.2 Å². The van der Waals surface area contributed by atoms with E-state index < -0.39 is 0 Å². The summed E-state index contributed by atoms with van der Waals surface area (Å²) in [7, 11) is 0. The second-order valence-electron chi connectivity index (χ2n) is 12.4. The summed E-state index contributed by atoms with van der Waals surface area (Å²) < 4.78 is 2.25. The van der Waals surface area contributed by atoms with Crippen molar-refractivity contribution in [3.8, 4) is 39.9 Å². The zero-order valence-electron chi connectivity index (χ0n) is 26.0. The van der Waals surface area contributed by atoms with Gasteiger partial charge in [0.25, 0.3) is 0 Å².